The second kappa shape index (κ2) is 4.07. The molecular formula is C10H9ClO. The largest absolute Gasteiger partial charge is 0.298 e. The van der Waals surface area contributed by atoms with E-state index in [-0.39, 0.29) is 0 Å². The van der Waals surface area contributed by atoms with Crippen LogP contribution in [0.4, 0.5) is 0 Å². The molecule has 0 unspecified atom stereocenters. The highest BCUT2D eigenvalue weighted by Crippen LogP contribution is 2.16. The molecule has 0 aliphatic carbocycles. The summed E-state index contributed by atoms with van der Waals surface area (Å²) in [7, 11) is 0. The molecule has 0 atom stereocenters. The summed E-state index contributed by atoms with van der Waals surface area (Å²) >= 11 is 5.48. The topological polar surface area (TPSA) is 17.1 Å². The average molecular weight is 181 g/mol. The molecule has 0 spiro atoms. The van der Waals surface area contributed by atoms with E-state index in [0.717, 1.165) is 17.4 Å². The molecular weight excluding hydrogens is 172 g/mol. The Kier molecular flexibility index (Phi) is 3.06. The zero-order chi connectivity index (χ0) is 8.97. The lowest BCUT2D eigenvalue weighted by Crippen LogP contribution is -1.88. The Bertz CT molecular complexity index is 315. The summed E-state index contributed by atoms with van der Waals surface area (Å²) in [6, 6.07) is 7.62. The van der Waals surface area contributed by atoms with Crippen LogP contribution in [-0.2, 0) is 4.79 Å². The summed E-state index contributed by atoms with van der Waals surface area (Å²) < 4.78 is 0. The van der Waals surface area contributed by atoms with Gasteiger partial charge in [-0.3, -0.25) is 4.79 Å². The van der Waals surface area contributed by atoms with Crippen molar-refractivity contribution in [2.45, 2.75) is 6.92 Å². The third kappa shape index (κ3) is 1.74. The van der Waals surface area contributed by atoms with E-state index in [1.807, 2.05) is 31.2 Å². The first-order valence-corrected chi connectivity index (χ1v) is 4.05. The van der Waals surface area contributed by atoms with Gasteiger partial charge in [-0.25, -0.2) is 0 Å². The van der Waals surface area contributed by atoms with Gasteiger partial charge in [0.05, 0.1) is 0 Å². The Balaban J connectivity index is 3.18. The van der Waals surface area contributed by atoms with Crippen LogP contribution in [0.25, 0.3) is 5.57 Å². The molecule has 0 saturated heterocycles. The lowest BCUT2D eigenvalue weighted by Gasteiger charge is -2.02. The number of allylic oxidation sites excluding steroid dienone is 1. The van der Waals surface area contributed by atoms with E-state index in [9.17, 15) is 4.79 Å². The highest BCUT2D eigenvalue weighted by molar-refractivity contribution is 6.32. The fourth-order valence-corrected chi connectivity index (χ4v) is 1.21. The number of hydrogen-bond donors (Lipinski definition) is 0. The van der Waals surface area contributed by atoms with Gasteiger partial charge < -0.3 is 0 Å². The van der Waals surface area contributed by atoms with Gasteiger partial charge in [-0.05, 0) is 18.1 Å². The van der Waals surface area contributed by atoms with Crippen LogP contribution in [0.15, 0.2) is 29.8 Å². The van der Waals surface area contributed by atoms with Gasteiger partial charge in [-0.15, -0.1) is 0 Å². The fourth-order valence-electron chi connectivity index (χ4n) is 1.04. The first-order valence-electron chi connectivity index (χ1n) is 3.61. The molecule has 1 aromatic rings. The van der Waals surface area contributed by atoms with E-state index < -0.39 is 0 Å². The number of aryl methyl sites for hydroxylation is 1. The molecule has 0 N–H and O–H groups in total. The molecule has 12 heavy (non-hydrogen) atoms. The monoisotopic (exact) mass is 180 g/mol. The van der Waals surface area contributed by atoms with Crippen LogP contribution in [0.1, 0.15) is 11.1 Å². The highest BCUT2D eigenvalue weighted by atomic mass is 35.5. The van der Waals surface area contributed by atoms with Gasteiger partial charge in [0.25, 0.3) is 0 Å². The Labute approximate surface area is 76.7 Å². The number of carbonyl (C=O) groups excluding carboxylic acids is 1. The van der Waals surface area contributed by atoms with Crippen LogP contribution in [0.2, 0.25) is 0 Å². The minimum absolute atomic E-state index is 0.523. The van der Waals surface area contributed by atoms with Crippen LogP contribution in [0, 0.1) is 6.92 Å². The van der Waals surface area contributed by atoms with Crippen molar-refractivity contribution in [2.75, 3.05) is 0 Å². The number of rotatable bonds is 2. The van der Waals surface area contributed by atoms with Gasteiger partial charge in [0, 0.05) is 11.1 Å². The maximum Gasteiger partial charge on any atom is 0.151 e. The van der Waals surface area contributed by atoms with Gasteiger partial charge >= 0.3 is 0 Å². The molecule has 0 fully saturated rings. The molecule has 62 valence electrons. The molecule has 2 heteroatoms. The zero-order valence-electron chi connectivity index (χ0n) is 6.75. The SMILES string of the molecule is Cc1ccccc1/C(C=O)=C/Cl. The summed E-state index contributed by atoms with van der Waals surface area (Å²) in [5, 5.41) is 0. The van der Waals surface area contributed by atoms with Crippen molar-refractivity contribution >= 4 is 23.5 Å². The summed E-state index contributed by atoms with van der Waals surface area (Å²) in [5.41, 5.74) is 3.77. The number of hydrogen-bond acceptors (Lipinski definition) is 1. The molecule has 0 heterocycles. The molecule has 1 aromatic carbocycles. The van der Waals surface area contributed by atoms with Crippen LogP contribution < -0.4 is 0 Å². The number of halogens is 1. The second-order valence-corrected chi connectivity index (χ2v) is 2.72. The first kappa shape index (κ1) is 9.01. The minimum atomic E-state index is 0.523. The molecule has 0 aromatic heterocycles. The van der Waals surface area contributed by atoms with E-state index in [0.29, 0.717) is 5.57 Å². The summed E-state index contributed by atoms with van der Waals surface area (Å²) in [4.78, 5) is 10.5. The highest BCUT2D eigenvalue weighted by Gasteiger charge is 2.01. The lowest BCUT2D eigenvalue weighted by atomic mass is 10.0. The van der Waals surface area contributed by atoms with Crippen LogP contribution in [-0.4, -0.2) is 6.29 Å². The molecule has 1 rings (SSSR count). The van der Waals surface area contributed by atoms with Crippen molar-refractivity contribution in [1.82, 2.24) is 0 Å². The van der Waals surface area contributed by atoms with Crippen molar-refractivity contribution in [1.29, 1.82) is 0 Å². The third-order valence-electron chi connectivity index (χ3n) is 1.70. The Morgan fingerprint density at radius 2 is 2.08 bits per heavy atom. The summed E-state index contributed by atoms with van der Waals surface area (Å²) in [5.74, 6) is 0. The van der Waals surface area contributed by atoms with Crippen molar-refractivity contribution in [2.24, 2.45) is 0 Å². The third-order valence-corrected chi connectivity index (χ3v) is 1.94. The van der Waals surface area contributed by atoms with Gasteiger partial charge in [0.15, 0.2) is 6.29 Å². The van der Waals surface area contributed by atoms with Crippen LogP contribution in [0.3, 0.4) is 0 Å². The molecule has 0 aliphatic rings. The Hall–Kier alpha value is -1.08. The Morgan fingerprint density at radius 3 is 2.58 bits per heavy atom. The quantitative estimate of drug-likeness (QED) is 0.505. The summed E-state index contributed by atoms with van der Waals surface area (Å²) in [6.45, 7) is 1.94. The van der Waals surface area contributed by atoms with Crippen molar-refractivity contribution in [3.8, 4) is 0 Å². The number of carbonyl (C=O) groups is 1. The van der Waals surface area contributed by atoms with Gasteiger partial charge in [-0.1, -0.05) is 35.9 Å². The lowest BCUT2D eigenvalue weighted by molar-refractivity contribution is -0.103. The van der Waals surface area contributed by atoms with E-state index in [1.165, 1.54) is 5.54 Å². The second-order valence-electron chi connectivity index (χ2n) is 2.50. The molecule has 0 saturated carbocycles. The molecule has 0 amide bonds. The molecule has 0 radical (unpaired) electrons. The van der Waals surface area contributed by atoms with E-state index in [2.05, 4.69) is 0 Å². The minimum Gasteiger partial charge on any atom is -0.298 e. The van der Waals surface area contributed by atoms with Crippen LogP contribution >= 0.6 is 11.6 Å². The average Bonchev–Trinajstić information content (AvgIpc) is 2.10. The van der Waals surface area contributed by atoms with E-state index in [4.69, 9.17) is 11.6 Å². The van der Waals surface area contributed by atoms with Crippen molar-refractivity contribution in [3.63, 3.8) is 0 Å². The predicted molar refractivity (Wildman–Crippen MR) is 51.1 cm³/mol. The van der Waals surface area contributed by atoms with E-state index >= 15 is 0 Å². The van der Waals surface area contributed by atoms with Crippen molar-refractivity contribution in [3.05, 3.63) is 40.9 Å². The van der Waals surface area contributed by atoms with Crippen LogP contribution in [0.5, 0.6) is 0 Å². The first-order chi connectivity index (χ1) is 5.79. The summed E-state index contributed by atoms with van der Waals surface area (Å²) in [6.07, 6.45) is 0.759. The predicted octanol–water partition coefficient (Wildman–Crippen LogP) is 2.77. The molecule has 1 nitrogen and oxygen atoms in total. The molecule has 0 aliphatic heterocycles. The normalized spacial score (nSPS) is 11.3. The standard InChI is InChI=1S/C10H9ClO/c1-8-4-2-3-5-10(8)9(6-11)7-12/h2-7H,1H3/b9-6+. The molecule has 0 bridgehead atoms. The maximum atomic E-state index is 10.5. The number of aldehydes is 1. The fraction of sp³-hybridized carbons (Fsp3) is 0.100. The Morgan fingerprint density at radius 1 is 1.42 bits per heavy atom. The van der Waals surface area contributed by atoms with Gasteiger partial charge in [0.2, 0.25) is 0 Å². The van der Waals surface area contributed by atoms with Crippen molar-refractivity contribution < 1.29 is 4.79 Å². The maximum absolute atomic E-state index is 10.5. The van der Waals surface area contributed by atoms with Gasteiger partial charge in [-0.2, -0.15) is 0 Å². The number of benzene rings is 1. The smallest absolute Gasteiger partial charge is 0.151 e. The zero-order valence-corrected chi connectivity index (χ0v) is 7.51. The van der Waals surface area contributed by atoms with E-state index in [1.54, 1.807) is 0 Å². The van der Waals surface area contributed by atoms with Gasteiger partial charge in [0.1, 0.15) is 0 Å².